The van der Waals surface area contributed by atoms with Gasteiger partial charge in [-0.2, -0.15) is 4.98 Å². The van der Waals surface area contributed by atoms with Crippen molar-refractivity contribution in [2.24, 2.45) is 0 Å². The SMILES string of the molecule is CNC(=O)c1cc(Oc2ccc3nc(NCc4ccccc4C(=O)NC)oc3c2)ccn1. The summed E-state index contributed by atoms with van der Waals surface area (Å²) in [5.74, 6) is 0.549. The number of aromatic nitrogens is 2. The van der Waals surface area contributed by atoms with Gasteiger partial charge in [0, 0.05) is 44.5 Å². The van der Waals surface area contributed by atoms with E-state index in [0.717, 1.165) is 5.56 Å². The monoisotopic (exact) mass is 431 g/mol. The molecule has 2 amide bonds. The lowest BCUT2D eigenvalue weighted by molar-refractivity contribution is 0.0951. The summed E-state index contributed by atoms with van der Waals surface area (Å²) in [5.41, 5.74) is 2.85. The van der Waals surface area contributed by atoms with Gasteiger partial charge in [-0.25, -0.2) is 0 Å². The number of rotatable bonds is 7. The Morgan fingerprint density at radius 3 is 2.56 bits per heavy atom. The molecular weight excluding hydrogens is 410 g/mol. The van der Waals surface area contributed by atoms with Crippen LogP contribution in [0.5, 0.6) is 11.5 Å². The minimum Gasteiger partial charge on any atom is -0.457 e. The smallest absolute Gasteiger partial charge is 0.295 e. The number of nitrogens with one attached hydrogen (secondary N) is 3. The van der Waals surface area contributed by atoms with Gasteiger partial charge in [-0.15, -0.1) is 0 Å². The van der Waals surface area contributed by atoms with Crippen LogP contribution in [0, 0.1) is 0 Å². The van der Waals surface area contributed by atoms with Crippen LogP contribution in [0.3, 0.4) is 0 Å². The molecule has 0 spiro atoms. The first kappa shape index (κ1) is 20.9. The summed E-state index contributed by atoms with van der Waals surface area (Å²) in [6.07, 6.45) is 1.51. The van der Waals surface area contributed by atoms with Crippen LogP contribution >= 0.6 is 0 Å². The van der Waals surface area contributed by atoms with E-state index in [1.165, 1.54) is 13.2 Å². The fraction of sp³-hybridized carbons (Fsp3) is 0.130. The zero-order chi connectivity index (χ0) is 22.5. The highest BCUT2D eigenvalue weighted by Gasteiger charge is 2.12. The van der Waals surface area contributed by atoms with Gasteiger partial charge in [0.2, 0.25) is 0 Å². The van der Waals surface area contributed by atoms with Crippen LogP contribution in [-0.4, -0.2) is 35.9 Å². The minimum atomic E-state index is -0.296. The molecule has 32 heavy (non-hydrogen) atoms. The number of ether oxygens (including phenoxy) is 1. The summed E-state index contributed by atoms with van der Waals surface area (Å²) in [4.78, 5) is 32.2. The highest BCUT2D eigenvalue weighted by atomic mass is 16.5. The Kier molecular flexibility index (Phi) is 5.98. The number of carbonyl (C=O) groups is 2. The van der Waals surface area contributed by atoms with Gasteiger partial charge in [0.05, 0.1) is 0 Å². The molecule has 2 heterocycles. The van der Waals surface area contributed by atoms with Crippen molar-refractivity contribution < 1.29 is 18.7 Å². The van der Waals surface area contributed by atoms with Crippen LogP contribution in [0.25, 0.3) is 11.1 Å². The van der Waals surface area contributed by atoms with E-state index in [1.54, 1.807) is 43.4 Å². The molecule has 0 radical (unpaired) electrons. The molecular formula is C23H21N5O4. The molecule has 0 aliphatic rings. The number of oxazole rings is 1. The van der Waals surface area contributed by atoms with E-state index in [2.05, 4.69) is 25.9 Å². The molecule has 2 aromatic heterocycles. The van der Waals surface area contributed by atoms with Gasteiger partial charge in [0.1, 0.15) is 22.7 Å². The van der Waals surface area contributed by atoms with Gasteiger partial charge < -0.3 is 25.1 Å². The van der Waals surface area contributed by atoms with Gasteiger partial charge >= 0.3 is 0 Å². The van der Waals surface area contributed by atoms with Crippen LogP contribution in [-0.2, 0) is 6.54 Å². The molecule has 0 unspecified atom stereocenters. The van der Waals surface area contributed by atoms with E-state index in [-0.39, 0.29) is 17.5 Å². The number of hydrogen-bond acceptors (Lipinski definition) is 7. The van der Waals surface area contributed by atoms with Crippen molar-refractivity contribution >= 4 is 28.9 Å². The van der Waals surface area contributed by atoms with E-state index in [0.29, 0.717) is 40.7 Å². The quantitative estimate of drug-likeness (QED) is 0.411. The third-order valence-electron chi connectivity index (χ3n) is 4.71. The van der Waals surface area contributed by atoms with E-state index in [4.69, 9.17) is 9.15 Å². The fourth-order valence-corrected chi connectivity index (χ4v) is 3.11. The van der Waals surface area contributed by atoms with Crippen LogP contribution in [0.2, 0.25) is 0 Å². The van der Waals surface area contributed by atoms with Crippen LogP contribution in [0.15, 0.2) is 65.2 Å². The molecule has 4 aromatic rings. The Labute approximate surface area is 183 Å². The van der Waals surface area contributed by atoms with Crippen molar-refractivity contribution in [1.82, 2.24) is 20.6 Å². The van der Waals surface area contributed by atoms with Crippen molar-refractivity contribution in [2.45, 2.75) is 6.54 Å². The first-order valence-corrected chi connectivity index (χ1v) is 9.88. The Hall–Kier alpha value is -4.40. The van der Waals surface area contributed by atoms with Gasteiger partial charge in [0.15, 0.2) is 5.58 Å². The molecule has 3 N–H and O–H groups in total. The maximum Gasteiger partial charge on any atom is 0.295 e. The molecule has 0 aliphatic heterocycles. The zero-order valence-corrected chi connectivity index (χ0v) is 17.5. The van der Waals surface area contributed by atoms with Gasteiger partial charge in [0.25, 0.3) is 17.8 Å². The number of fused-ring (bicyclic) bond motifs is 1. The number of benzene rings is 2. The maximum absolute atomic E-state index is 12.0. The van der Waals surface area contributed by atoms with Crippen molar-refractivity contribution in [3.05, 3.63) is 77.6 Å². The summed E-state index contributed by atoms with van der Waals surface area (Å²) in [7, 11) is 3.14. The topological polar surface area (TPSA) is 118 Å². The molecule has 0 saturated carbocycles. The zero-order valence-electron chi connectivity index (χ0n) is 17.5. The predicted octanol–water partition coefficient (Wildman–Crippen LogP) is 3.35. The standard InChI is InChI=1S/C23H21N5O4/c1-24-21(29)17-6-4-3-5-14(17)13-27-23-28-18-8-7-15(12-20(18)32-23)31-16-9-10-26-19(11-16)22(30)25-2/h3-12H,13H2,1-2H3,(H,24,29)(H,25,30)(H,27,28). The van der Waals surface area contributed by atoms with E-state index >= 15 is 0 Å². The largest absolute Gasteiger partial charge is 0.457 e. The van der Waals surface area contributed by atoms with Crippen molar-refractivity contribution in [3.63, 3.8) is 0 Å². The predicted molar refractivity (Wildman–Crippen MR) is 119 cm³/mol. The molecule has 0 saturated heterocycles. The average molecular weight is 431 g/mol. The average Bonchev–Trinajstić information content (AvgIpc) is 3.24. The van der Waals surface area contributed by atoms with Gasteiger partial charge in [-0.05, 0) is 29.8 Å². The second-order valence-electron chi connectivity index (χ2n) is 6.80. The molecule has 2 aromatic carbocycles. The second-order valence-corrected chi connectivity index (χ2v) is 6.80. The number of hydrogen-bond donors (Lipinski definition) is 3. The third kappa shape index (κ3) is 4.51. The number of amides is 2. The fourth-order valence-electron chi connectivity index (χ4n) is 3.11. The molecule has 0 fully saturated rings. The summed E-state index contributed by atoms with van der Waals surface area (Å²) in [6.45, 7) is 0.374. The molecule has 0 aliphatic carbocycles. The minimum absolute atomic E-state index is 0.155. The van der Waals surface area contributed by atoms with Crippen LogP contribution in [0.1, 0.15) is 26.4 Å². The molecule has 4 rings (SSSR count). The highest BCUT2D eigenvalue weighted by Crippen LogP contribution is 2.28. The van der Waals surface area contributed by atoms with E-state index in [9.17, 15) is 9.59 Å². The second kappa shape index (κ2) is 9.17. The summed E-state index contributed by atoms with van der Waals surface area (Å²) in [5, 5.41) is 8.28. The number of carbonyl (C=O) groups excluding carboxylic acids is 2. The van der Waals surface area contributed by atoms with Crippen LogP contribution < -0.4 is 20.7 Å². The van der Waals surface area contributed by atoms with E-state index in [1.807, 2.05) is 18.2 Å². The molecule has 0 bridgehead atoms. The number of nitrogens with zero attached hydrogens (tertiary/aromatic N) is 2. The van der Waals surface area contributed by atoms with Crippen molar-refractivity contribution in [2.75, 3.05) is 19.4 Å². The Morgan fingerprint density at radius 1 is 0.969 bits per heavy atom. The Balaban J connectivity index is 1.49. The lowest BCUT2D eigenvalue weighted by Crippen LogP contribution is -2.20. The summed E-state index contributed by atoms with van der Waals surface area (Å²) < 4.78 is 11.6. The first-order chi connectivity index (χ1) is 15.6. The Morgan fingerprint density at radius 2 is 1.75 bits per heavy atom. The maximum atomic E-state index is 12.0. The normalized spacial score (nSPS) is 10.6. The lowest BCUT2D eigenvalue weighted by Gasteiger charge is -2.08. The molecule has 9 nitrogen and oxygen atoms in total. The van der Waals surface area contributed by atoms with Crippen molar-refractivity contribution in [1.29, 1.82) is 0 Å². The molecule has 162 valence electrons. The first-order valence-electron chi connectivity index (χ1n) is 9.88. The molecule has 0 atom stereocenters. The Bertz CT molecular complexity index is 1280. The number of pyridine rings is 1. The summed E-state index contributed by atoms with van der Waals surface area (Å²) in [6, 6.07) is 16.1. The summed E-state index contributed by atoms with van der Waals surface area (Å²) >= 11 is 0. The number of anilines is 1. The highest BCUT2D eigenvalue weighted by molar-refractivity contribution is 5.95. The van der Waals surface area contributed by atoms with Gasteiger partial charge in [-0.3, -0.25) is 14.6 Å². The molecule has 9 heteroatoms. The van der Waals surface area contributed by atoms with Crippen LogP contribution in [0.4, 0.5) is 6.01 Å². The van der Waals surface area contributed by atoms with Gasteiger partial charge in [-0.1, -0.05) is 18.2 Å². The lowest BCUT2D eigenvalue weighted by atomic mass is 10.1. The third-order valence-corrected chi connectivity index (χ3v) is 4.71. The van der Waals surface area contributed by atoms with Crippen molar-refractivity contribution in [3.8, 4) is 11.5 Å². The van der Waals surface area contributed by atoms with E-state index < -0.39 is 0 Å².